The quantitative estimate of drug-likeness (QED) is 0.372. The Bertz CT molecular complexity index is 1240. The second-order valence-electron chi connectivity index (χ2n) is 7.49. The first-order chi connectivity index (χ1) is 14.7. The molecule has 1 aliphatic rings. The lowest BCUT2D eigenvalue weighted by atomic mass is 9.83. The van der Waals surface area contributed by atoms with Gasteiger partial charge in [-0.25, -0.2) is 0 Å². The van der Waals surface area contributed by atoms with Gasteiger partial charge >= 0.3 is 0 Å². The van der Waals surface area contributed by atoms with Gasteiger partial charge in [0.15, 0.2) is 0 Å². The summed E-state index contributed by atoms with van der Waals surface area (Å²) in [5.74, 6) is 0.774. The van der Waals surface area contributed by atoms with Crippen LogP contribution in [0.3, 0.4) is 0 Å². The van der Waals surface area contributed by atoms with Gasteiger partial charge in [0.25, 0.3) is 0 Å². The van der Waals surface area contributed by atoms with E-state index >= 15 is 0 Å². The van der Waals surface area contributed by atoms with Crippen LogP contribution in [0.5, 0.6) is 5.75 Å². The maximum atomic E-state index is 12.7. The molecule has 4 aromatic rings. The highest BCUT2D eigenvalue weighted by Crippen LogP contribution is 2.45. The monoisotopic (exact) mass is 457 g/mol. The maximum Gasteiger partial charge on any atom is 0.225 e. The summed E-state index contributed by atoms with van der Waals surface area (Å²) in [6.07, 6.45) is 0.392. The fraction of sp³-hybridized carbons (Fsp3) is 0.115. The zero-order chi connectivity index (χ0) is 20.5. The third-order valence-corrected chi connectivity index (χ3v) is 6.24. The van der Waals surface area contributed by atoms with E-state index in [2.05, 4.69) is 57.6 Å². The highest BCUT2D eigenvalue weighted by atomic mass is 79.9. The Balaban J connectivity index is 1.58. The van der Waals surface area contributed by atoms with E-state index in [1.54, 1.807) is 0 Å². The lowest BCUT2D eigenvalue weighted by molar-refractivity contribution is -0.116. The van der Waals surface area contributed by atoms with Crippen molar-refractivity contribution in [3.05, 3.63) is 106 Å². The minimum absolute atomic E-state index is 0.0258. The molecule has 1 aliphatic heterocycles. The van der Waals surface area contributed by atoms with Crippen molar-refractivity contribution in [2.75, 3.05) is 5.32 Å². The van der Waals surface area contributed by atoms with Crippen LogP contribution in [0.1, 0.15) is 29.0 Å². The third kappa shape index (κ3) is 3.48. The number of benzene rings is 4. The molecular weight excluding hydrogens is 438 g/mol. The van der Waals surface area contributed by atoms with Crippen LogP contribution in [0.4, 0.5) is 5.69 Å². The Hall–Kier alpha value is -3.11. The number of hydrogen-bond acceptors (Lipinski definition) is 2. The molecule has 1 heterocycles. The molecule has 0 bridgehead atoms. The Labute approximate surface area is 183 Å². The van der Waals surface area contributed by atoms with Gasteiger partial charge in [0, 0.05) is 27.8 Å². The lowest BCUT2D eigenvalue weighted by Gasteiger charge is -2.29. The van der Waals surface area contributed by atoms with Crippen molar-refractivity contribution >= 4 is 38.3 Å². The van der Waals surface area contributed by atoms with Crippen molar-refractivity contribution < 1.29 is 9.53 Å². The van der Waals surface area contributed by atoms with Gasteiger partial charge in [0.05, 0.1) is 5.69 Å². The summed E-state index contributed by atoms with van der Waals surface area (Å²) in [5, 5.41) is 5.24. The van der Waals surface area contributed by atoms with Gasteiger partial charge in [-0.2, -0.15) is 0 Å². The van der Waals surface area contributed by atoms with Gasteiger partial charge in [0.1, 0.15) is 12.4 Å². The summed E-state index contributed by atoms with van der Waals surface area (Å²) in [7, 11) is 0. The molecule has 4 heteroatoms. The summed E-state index contributed by atoms with van der Waals surface area (Å²) in [4.78, 5) is 12.7. The molecule has 0 saturated heterocycles. The molecule has 30 heavy (non-hydrogen) atoms. The number of rotatable bonds is 4. The van der Waals surface area contributed by atoms with Crippen LogP contribution in [0.15, 0.2) is 89.4 Å². The number of ether oxygens (including phenoxy) is 1. The molecule has 0 aliphatic carbocycles. The van der Waals surface area contributed by atoms with E-state index in [4.69, 9.17) is 4.74 Å². The number of halogens is 1. The topological polar surface area (TPSA) is 38.3 Å². The number of hydrogen-bond donors (Lipinski definition) is 1. The number of fused-ring (bicyclic) bond motifs is 3. The number of carbonyl (C=O) groups excluding carboxylic acids is 1. The van der Waals surface area contributed by atoms with Gasteiger partial charge in [-0.1, -0.05) is 88.7 Å². The van der Waals surface area contributed by atoms with E-state index in [9.17, 15) is 4.79 Å². The molecule has 0 radical (unpaired) electrons. The highest BCUT2D eigenvalue weighted by molar-refractivity contribution is 9.10. The molecular formula is C26H20BrNO2. The molecule has 148 valence electrons. The Morgan fingerprint density at radius 2 is 1.57 bits per heavy atom. The molecule has 0 aromatic heterocycles. The summed E-state index contributed by atoms with van der Waals surface area (Å²) in [6, 6.07) is 28.4. The number of nitrogens with one attached hydrogen (secondary N) is 1. The van der Waals surface area contributed by atoms with Gasteiger partial charge in [-0.15, -0.1) is 0 Å². The minimum atomic E-state index is -0.0679. The highest BCUT2D eigenvalue weighted by Gasteiger charge is 2.30. The molecule has 0 unspecified atom stereocenters. The predicted octanol–water partition coefficient (Wildman–Crippen LogP) is 6.66. The van der Waals surface area contributed by atoms with Crippen molar-refractivity contribution in [1.82, 2.24) is 0 Å². The molecule has 0 spiro atoms. The largest absolute Gasteiger partial charge is 0.489 e. The third-order valence-electron chi connectivity index (χ3n) is 5.59. The average Bonchev–Trinajstić information content (AvgIpc) is 2.79. The molecule has 3 nitrogen and oxygen atoms in total. The van der Waals surface area contributed by atoms with Crippen LogP contribution in [-0.4, -0.2) is 5.91 Å². The number of anilines is 1. The van der Waals surface area contributed by atoms with Crippen molar-refractivity contribution in [3.63, 3.8) is 0 Å². The van der Waals surface area contributed by atoms with E-state index in [-0.39, 0.29) is 11.8 Å². The number of amides is 1. The standard InChI is InChI=1S/C26H20BrNO2/c27-23-14-22-21(15-25(29)28-26(22)20-12-5-4-10-18(20)23)19-11-6-7-13-24(19)30-16-17-8-2-1-3-9-17/h1-14,21H,15-16H2,(H,28,29)/t21-/m1/s1. The second kappa shape index (κ2) is 7.96. The fourth-order valence-electron chi connectivity index (χ4n) is 4.16. The van der Waals surface area contributed by atoms with Gasteiger partial charge in [-0.05, 0) is 28.6 Å². The van der Waals surface area contributed by atoms with Crippen molar-refractivity contribution in [1.29, 1.82) is 0 Å². The van der Waals surface area contributed by atoms with Crippen LogP contribution in [0, 0.1) is 0 Å². The summed E-state index contributed by atoms with van der Waals surface area (Å²) >= 11 is 3.73. The minimum Gasteiger partial charge on any atom is -0.489 e. The van der Waals surface area contributed by atoms with Crippen molar-refractivity contribution in [2.45, 2.75) is 18.9 Å². The predicted molar refractivity (Wildman–Crippen MR) is 124 cm³/mol. The molecule has 1 N–H and O–H groups in total. The Morgan fingerprint density at radius 3 is 2.40 bits per heavy atom. The van der Waals surface area contributed by atoms with Crippen LogP contribution < -0.4 is 10.1 Å². The van der Waals surface area contributed by atoms with Crippen molar-refractivity contribution in [3.8, 4) is 5.75 Å². The summed E-state index contributed by atoms with van der Waals surface area (Å²) < 4.78 is 7.23. The van der Waals surface area contributed by atoms with E-state index < -0.39 is 0 Å². The first-order valence-electron chi connectivity index (χ1n) is 9.97. The Morgan fingerprint density at radius 1 is 0.867 bits per heavy atom. The second-order valence-corrected chi connectivity index (χ2v) is 8.34. The smallest absolute Gasteiger partial charge is 0.225 e. The zero-order valence-electron chi connectivity index (χ0n) is 16.3. The SMILES string of the molecule is O=C1C[C@H](c2ccccc2OCc2ccccc2)c2cc(Br)c3ccccc3c2N1. The molecule has 1 atom stereocenters. The van der Waals surface area contributed by atoms with E-state index in [1.165, 1.54) is 0 Å². The van der Waals surface area contributed by atoms with E-state index in [1.807, 2.05) is 48.5 Å². The number of carbonyl (C=O) groups is 1. The maximum absolute atomic E-state index is 12.7. The first-order valence-corrected chi connectivity index (χ1v) is 10.8. The first kappa shape index (κ1) is 18.9. The Kier molecular flexibility index (Phi) is 5.01. The van der Waals surface area contributed by atoms with E-state index in [0.717, 1.165) is 43.4 Å². The van der Waals surface area contributed by atoms with Crippen LogP contribution in [0.2, 0.25) is 0 Å². The van der Waals surface area contributed by atoms with Crippen LogP contribution in [0.25, 0.3) is 10.8 Å². The number of para-hydroxylation sites is 1. The summed E-state index contributed by atoms with van der Waals surface area (Å²) in [5.41, 5.74) is 4.15. The van der Waals surface area contributed by atoms with Crippen LogP contribution in [-0.2, 0) is 11.4 Å². The molecule has 0 fully saturated rings. The van der Waals surface area contributed by atoms with Gasteiger partial charge in [-0.3, -0.25) is 4.79 Å². The van der Waals surface area contributed by atoms with Gasteiger partial charge < -0.3 is 10.1 Å². The van der Waals surface area contributed by atoms with Crippen molar-refractivity contribution in [2.24, 2.45) is 0 Å². The summed E-state index contributed by atoms with van der Waals surface area (Å²) in [6.45, 7) is 0.491. The lowest BCUT2D eigenvalue weighted by Crippen LogP contribution is -2.24. The van der Waals surface area contributed by atoms with E-state index in [0.29, 0.717) is 13.0 Å². The normalized spacial score (nSPS) is 15.5. The zero-order valence-corrected chi connectivity index (χ0v) is 17.9. The molecule has 0 saturated carbocycles. The van der Waals surface area contributed by atoms with Gasteiger partial charge in [0.2, 0.25) is 5.91 Å². The fourth-order valence-corrected chi connectivity index (χ4v) is 4.76. The van der Waals surface area contributed by atoms with Crippen LogP contribution >= 0.6 is 15.9 Å². The molecule has 1 amide bonds. The molecule has 5 rings (SSSR count). The average molecular weight is 458 g/mol. The molecule has 4 aromatic carbocycles.